The van der Waals surface area contributed by atoms with Gasteiger partial charge in [-0.05, 0) is 42.8 Å². The Morgan fingerprint density at radius 2 is 1.78 bits per heavy atom. The van der Waals surface area contributed by atoms with E-state index in [0.717, 1.165) is 11.1 Å². The van der Waals surface area contributed by atoms with E-state index >= 15 is 0 Å². The minimum atomic E-state index is -3.76. The van der Waals surface area contributed by atoms with Gasteiger partial charge in [0.25, 0.3) is 0 Å². The van der Waals surface area contributed by atoms with Crippen molar-refractivity contribution in [3.05, 3.63) is 60.0 Å². The Kier molecular flexibility index (Phi) is 5.33. The molecule has 1 amide bonds. The third-order valence-corrected chi connectivity index (χ3v) is 5.16. The van der Waals surface area contributed by atoms with Crippen LogP contribution in [-0.4, -0.2) is 24.5 Å². The molecule has 3 aromatic rings. The fourth-order valence-corrected chi connectivity index (χ4v) is 3.38. The van der Waals surface area contributed by atoms with Crippen molar-refractivity contribution >= 4 is 21.6 Å². The van der Waals surface area contributed by atoms with Crippen LogP contribution in [0.1, 0.15) is 18.4 Å². The molecule has 0 radical (unpaired) electrons. The maximum Gasteiger partial charge on any atom is 0.248 e. The Morgan fingerprint density at radius 1 is 1.07 bits per heavy atom. The Balaban J connectivity index is 1.69. The first-order valence-corrected chi connectivity index (χ1v) is 9.59. The molecule has 2 aromatic carbocycles. The van der Waals surface area contributed by atoms with Crippen LogP contribution in [0.4, 0.5) is 5.69 Å². The Hall–Kier alpha value is -3.04. The van der Waals surface area contributed by atoms with Gasteiger partial charge in [-0.15, -0.1) is 10.2 Å². The lowest BCUT2D eigenvalue weighted by Gasteiger charge is -2.06. The number of aryl methyl sites for hydroxylation is 1. The number of nitrogens with one attached hydrogen (secondary N) is 2. The molecule has 0 spiro atoms. The minimum Gasteiger partial charge on any atom is -0.419 e. The summed E-state index contributed by atoms with van der Waals surface area (Å²) in [4.78, 5) is 11.1. The van der Waals surface area contributed by atoms with E-state index in [1.54, 1.807) is 0 Å². The van der Waals surface area contributed by atoms with Crippen LogP contribution in [0.5, 0.6) is 0 Å². The number of benzene rings is 2. The summed E-state index contributed by atoms with van der Waals surface area (Å²) >= 11 is 0. The highest BCUT2D eigenvalue weighted by molar-refractivity contribution is 7.89. The second-order valence-electron chi connectivity index (χ2n) is 5.85. The van der Waals surface area contributed by atoms with Gasteiger partial charge in [0, 0.05) is 18.2 Å². The molecule has 1 heterocycles. The lowest BCUT2D eigenvalue weighted by molar-refractivity contribution is -0.114. The summed E-state index contributed by atoms with van der Waals surface area (Å²) in [5, 5.41) is 10.4. The average molecular weight is 386 g/mol. The van der Waals surface area contributed by atoms with Crippen molar-refractivity contribution < 1.29 is 17.6 Å². The zero-order valence-electron chi connectivity index (χ0n) is 14.8. The molecule has 0 unspecified atom stereocenters. The molecule has 0 aliphatic rings. The van der Waals surface area contributed by atoms with Gasteiger partial charge in [-0.2, -0.15) is 0 Å². The number of nitrogens with zero attached hydrogens (tertiary/aromatic N) is 2. The van der Waals surface area contributed by atoms with Crippen molar-refractivity contribution in [3.8, 4) is 11.5 Å². The fraction of sp³-hybridized carbons (Fsp3) is 0.167. The molecule has 0 aliphatic carbocycles. The molecule has 140 valence electrons. The summed E-state index contributed by atoms with van der Waals surface area (Å²) in [6.45, 7) is 3.17. The van der Waals surface area contributed by atoms with Crippen molar-refractivity contribution in [3.63, 3.8) is 0 Å². The fourth-order valence-electron chi connectivity index (χ4n) is 2.41. The van der Waals surface area contributed by atoms with Crippen molar-refractivity contribution in [2.45, 2.75) is 25.3 Å². The molecule has 0 saturated heterocycles. The first-order chi connectivity index (χ1) is 12.8. The number of carbonyl (C=O) groups excluding carboxylic acids is 1. The predicted octanol–water partition coefficient (Wildman–Crippen LogP) is 2.48. The summed E-state index contributed by atoms with van der Waals surface area (Å²) in [6.07, 6.45) is 0. The van der Waals surface area contributed by atoms with Crippen LogP contribution in [-0.2, 0) is 21.4 Å². The van der Waals surface area contributed by atoms with Crippen molar-refractivity contribution in [1.29, 1.82) is 0 Å². The minimum absolute atomic E-state index is 0.0650. The van der Waals surface area contributed by atoms with Crippen LogP contribution < -0.4 is 10.0 Å². The predicted molar refractivity (Wildman–Crippen MR) is 99.2 cm³/mol. The molecule has 0 bridgehead atoms. The van der Waals surface area contributed by atoms with E-state index < -0.39 is 10.0 Å². The van der Waals surface area contributed by atoms with Gasteiger partial charge in [0.15, 0.2) is 0 Å². The van der Waals surface area contributed by atoms with Crippen molar-refractivity contribution in [1.82, 2.24) is 14.9 Å². The molecule has 8 nitrogen and oxygen atoms in total. The Bertz CT molecular complexity index is 1060. The number of carbonyl (C=O) groups is 1. The largest absolute Gasteiger partial charge is 0.419 e. The quantitative estimate of drug-likeness (QED) is 0.673. The van der Waals surface area contributed by atoms with Gasteiger partial charge in [-0.25, -0.2) is 13.1 Å². The smallest absolute Gasteiger partial charge is 0.248 e. The van der Waals surface area contributed by atoms with Gasteiger partial charge >= 0.3 is 0 Å². The summed E-state index contributed by atoms with van der Waals surface area (Å²) < 4.78 is 32.7. The van der Waals surface area contributed by atoms with E-state index in [0.29, 0.717) is 11.6 Å². The molecule has 3 rings (SSSR count). The van der Waals surface area contributed by atoms with E-state index in [1.165, 1.54) is 31.2 Å². The molecule has 9 heteroatoms. The third-order valence-electron chi connectivity index (χ3n) is 3.74. The van der Waals surface area contributed by atoms with Crippen LogP contribution in [0.15, 0.2) is 57.8 Å². The van der Waals surface area contributed by atoms with Gasteiger partial charge in [0.1, 0.15) is 0 Å². The van der Waals surface area contributed by atoms with Crippen molar-refractivity contribution in [2.24, 2.45) is 0 Å². The number of hydrogen-bond acceptors (Lipinski definition) is 6. The highest BCUT2D eigenvalue weighted by Crippen LogP contribution is 2.21. The third kappa shape index (κ3) is 4.57. The number of rotatable bonds is 6. The second kappa shape index (κ2) is 7.68. The Morgan fingerprint density at radius 3 is 2.44 bits per heavy atom. The Labute approximate surface area is 156 Å². The average Bonchev–Trinajstić information content (AvgIpc) is 3.09. The molecule has 0 saturated carbocycles. The summed E-state index contributed by atoms with van der Waals surface area (Å²) in [6, 6.07) is 13.4. The molecule has 0 atom stereocenters. The molecular formula is C18H18N4O4S. The molecule has 0 fully saturated rings. The maximum absolute atomic E-state index is 12.4. The van der Waals surface area contributed by atoms with Gasteiger partial charge in [-0.1, -0.05) is 18.2 Å². The van der Waals surface area contributed by atoms with Crippen LogP contribution >= 0.6 is 0 Å². The lowest BCUT2D eigenvalue weighted by atomic mass is 10.1. The van der Waals surface area contributed by atoms with Gasteiger partial charge in [0.05, 0.1) is 11.4 Å². The molecule has 1 aromatic heterocycles. The van der Waals surface area contributed by atoms with Crippen LogP contribution in [0.25, 0.3) is 11.5 Å². The van der Waals surface area contributed by atoms with E-state index in [-0.39, 0.29) is 23.2 Å². The number of sulfonamides is 1. The highest BCUT2D eigenvalue weighted by atomic mass is 32.2. The standard InChI is InChI=1S/C18H18N4O4S/c1-12-5-3-4-6-16(12)18-22-21-17(26-18)11-19-27(24,25)15-9-7-14(8-10-15)20-13(2)23/h3-10,19H,11H2,1-2H3,(H,20,23). The number of aromatic nitrogens is 2. The van der Waals surface area contributed by atoms with E-state index in [2.05, 4.69) is 20.2 Å². The van der Waals surface area contributed by atoms with E-state index in [1.807, 2.05) is 31.2 Å². The molecular weight excluding hydrogens is 368 g/mol. The maximum atomic E-state index is 12.4. The summed E-state index contributed by atoms with van der Waals surface area (Å²) in [7, 11) is -3.76. The van der Waals surface area contributed by atoms with E-state index in [9.17, 15) is 13.2 Å². The monoisotopic (exact) mass is 386 g/mol. The van der Waals surface area contributed by atoms with Crippen LogP contribution in [0.2, 0.25) is 0 Å². The van der Waals surface area contributed by atoms with Gasteiger partial charge in [0.2, 0.25) is 27.7 Å². The van der Waals surface area contributed by atoms with Crippen LogP contribution in [0, 0.1) is 6.92 Å². The number of amides is 1. The van der Waals surface area contributed by atoms with E-state index in [4.69, 9.17) is 4.42 Å². The van der Waals surface area contributed by atoms with Gasteiger partial charge in [-0.3, -0.25) is 4.79 Å². The normalized spacial score (nSPS) is 11.3. The molecule has 0 aliphatic heterocycles. The number of hydrogen-bond donors (Lipinski definition) is 2. The molecule has 2 N–H and O–H groups in total. The summed E-state index contributed by atoms with van der Waals surface area (Å²) in [5.41, 5.74) is 2.29. The first-order valence-electron chi connectivity index (χ1n) is 8.11. The number of anilines is 1. The first kappa shape index (κ1) is 18.7. The highest BCUT2D eigenvalue weighted by Gasteiger charge is 2.16. The zero-order chi connectivity index (χ0) is 19.4. The molecule has 27 heavy (non-hydrogen) atoms. The SMILES string of the molecule is CC(=O)Nc1ccc(S(=O)(=O)NCc2nnc(-c3ccccc3C)o2)cc1. The lowest BCUT2D eigenvalue weighted by Crippen LogP contribution is -2.23. The topological polar surface area (TPSA) is 114 Å². The second-order valence-corrected chi connectivity index (χ2v) is 7.61. The van der Waals surface area contributed by atoms with Gasteiger partial charge < -0.3 is 9.73 Å². The van der Waals surface area contributed by atoms with Crippen molar-refractivity contribution in [2.75, 3.05) is 5.32 Å². The van der Waals surface area contributed by atoms with Crippen LogP contribution in [0.3, 0.4) is 0 Å². The zero-order valence-corrected chi connectivity index (χ0v) is 15.6. The summed E-state index contributed by atoms with van der Waals surface area (Å²) in [5.74, 6) is 0.262.